The van der Waals surface area contributed by atoms with Gasteiger partial charge >= 0.3 is 0 Å². The van der Waals surface area contributed by atoms with E-state index in [9.17, 15) is 14.0 Å². The van der Waals surface area contributed by atoms with Crippen LogP contribution in [-0.4, -0.2) is 18.1 Å². The standard InChI is InChI=1S/C18H21F2N3/c1-2-4-18(19,20)16-7-14(9-21)15(10-23-16)6-13-3-5-17(8-13)11-22-12-17/h2,7,10,13,22H,1,3-6,8,11-12H2. The van der Waals surface area contributed by atoms with E-state index in [-0.39, 0.29) is 5.69 Å². The first-order valence-corrected chi connectivity index (χ1v) is 8.07. The van der Waals surface area contributed by atoms with Crippen LogP contribution >= 0.6 is 0 Å². The largest absolute Gasteiger partial charge is 0.316 e. The van der Waals surface area contributed by atoms with Crippen LogP contribution in [0.4, 0.5) is 8.78 Å². The smallest absolute Gasteiger partial charge is 0.293 e. The summed E-state index contributed by atoms with van der Waals surface area (Å²) in [4.78, 5) is 3.93. The van der Waals surface area contributed by atoms with E-state index < -0.39 is 12.3 Å². The Morgan fingerprint density at radius 2 is 2.30 bits per heavy atom. The molecule has 2 fully saturated rings. The third-order valence-electron chi connectivity index (χ3n) is 5.20. The second kappa shape index (κ2) is 6.01. The summed E-state index contributed by atoms with van der Waals surface area (Å²) in [5.41, 5.74) is 1.22. The summed E-state index contributed by atoms with van der Waals surface area (Å²) in [6.07, 6.45) is 6.43. The van der Waals surface area contributed by atoms with Gasteiger partial charge in [0.05, 0.1) is 11.6 Å². The van der Waals surface area contributed by atoms with Crippen molar-refractivity contribution in [2.45, 2.75) is 38.0 Å². The highest BCUT2D eigenvalue weighted by molar-refractivity contribution is 5.38. The van der Waals surface area contributed by atoms with Crippen molar-refractivity contribution in [3.05, 3.63) is 41.7 Å². The van der Waals surface area contributed by atoms with E-state index in [2.05, 4.69) is 22.9 Å². The van der Waals surface area contributed by atoms with Crippen LogP contribution in [0.3, 0.4) is 0 Å². The van der Waals surface area contributed by atoms with Crippen LogP contribution in [0.25, 0.3) is 0 Å². The number of nitrogens with one attached hydrogen (secondary N) is 1. The van der Waals surface area contributed by atoms with Crippen LogP contribution in [0.2, 0.25) is 0 Å². The predicted molar refractivity (Wildman–Crippen MR) is 84.0 cm³/mol. The molecule has 1 atom stereocenters. The fourth-order valence-corrected chi connectivity index (χ4v) is 3.85. The number of hydrogen-bond acceptors (Lipinski definition) is 3. The molecule has 1 aliphatic carbocycles. The second-order valence-corrected chi connectivity index (χ2v) is 6.95. The zero-order chi connectivity index (χ0) is 16.5. The van der Waals surface area contributed by atoms with E-state index in [1.165, 1.54) is 24.8 Å². The van der Waals surface area contributed by atoms with Crippen LogP contribution in [-0.2, 0) is 12.3 Å². The lowest BCUT2D eigenvalue weighted by Gasteiger charge is -2.39. The molecular weight excluding hydrogens is 296 g/mol. The minimum atomic E-state index is -3.07. The Morgan fingerprint density at radius 3 is 2.87 bits per heavy atom. The number of aromatic nitrogens is 1. The van der Waals surface area contributed by atoms with Gasteiger partial charge in [0.1, 0.15) is 5.69 Å². The summed E-state index contributed by atoms with van der Waals surface area (Å²) in [6, 6.07) is 3.31. The van der Waals surface area contributed by atoms with Gasteiger partial charge < -0.3 is 5.32 Å². The van der Waals surface area contributed by atoms with E-state index in [4.69, 9.17) is 0 Å². The number of pyridine rings is 1. The lowest BCUT2D eigenvalue weighted by atomic mass is 9.79. The number of hydrogen-bond donors (Lipinski definition) is 1. The molecule has 122 valence electrons. The quantitative estimate of drug-likeness (QED) is 0.845. The Labute approximate surface area is 135 Å². The van der Waals surface area contributed by atoms with Gasteiger partial charge in [0.25, 0.3) is 5.92 Å². The Morgan fingerprint density at radius 1 is 1.52 bits per heavy atom. The molecule has 1 saturated heterocycles. The first kappa shape index (κ1) is 16.1. The average Bonchev–Trinajstić information content (AvgIpc) is 2.92. The minimum absolute atomic E-state index is 0.325. The van der Waals surface area contributed by atoms with Crippen molar-refractivity contribution < 1.29 is 8.78 Å². The van der Waals surface area contributed by atoms with Crippen LogP contribution < -0.4 is 5.32 Å². The van der Waals surface area contributed by atoms with Crippen LogP contribution in [0.1, 0.15) is 42.5 Å². The molecule has 2 aliphatic rings. The molecule has 1 spiro atoms. The topological polar surface area (TPSA) is 48.7 Å². The number of allylic oxidation sites excluding steroid dienone is 1. The number of nitriles is 1. The molecule has 3 nitrogen and oxygen atoms in total. The van der Waals surface area contributed by atoms with Gasteiger partial charge in [0, 0.05) is 25.7 Å². The van der Waals surface area contributed by atoms with Gasteiger partial charge in [-0.1, -0.05) is 6.08 Å². The Kier molecular flexibility index (Phi) is 4.20. The highest BCUT2D eigenvalue weighted by Crippen LogP contribution is 2.45. The molecule has 2 heterocycles. The van der Waals surface area contributed by atoms with Crippen molar-refractivity contribution in [1.29, 1.82) is 5.26 Å². The molecule has 1 aliphatic heterocycles. The monoisotopic (exact) mass is 317 g/mol. The molecular formula is C18H21F2N3. The van der Waals surface area contributed by atoms with E-state index in [0.29, 0.717) is 16.9 Å². The van der Waals surface area contributed by atoms with Crippen molar-refractivity contribution >= 4 is 0 Å². The summed E-state index contributed by atoms with van der Waals surface area (Å²) in [5, 5.41) is 12.7. The zero-order valence-corrected chi connectivity index (χ0v) is 13.1. The highest BCUT2D eigenvalue weighted by Gasteiger charge is 2.43. The Balaban J connectivity index is 1.75. The van der Waals surface area contributed by atoms with E-state index in [1.54, 1.807) is 0 Å². The molecule has 0 aromatic carbocycles. The number of nitrogens with zero attached hydrogens (tertiary/aromatic N) is 2. The second-order valence-electron chi connectivity index (χ2n) is 6.95. The molecule has 0 amide bonds. The van der Waals surface area contributed by atoms with Gasteiger partial charge in [-0.25, -0.2) is 0 Å². The van der Waals surface area contributed by atoms with Crippen molar-refractivity contribution in [2.75, 3.05) is 13.1 Å². The van der Waals surface area contributed by atoms with Gasteiger partial charge in [-0.2, -0.15) is 14.0 Å². The summed E-state index contributed by atoms with van der Waals surface area (Å²) in [5.74, 6) is -2.55. The molecule has 1 aromatic rings. The zero-order valence-electron chi connectivity index (χ0n) is 13.1. The van der Waals surface area contributed by atoms with Crippen molar-refractivity contribution in [1.82, 2.24) is 10.3 Å². The van der Waals surface area contributed by atoms with Crippen LogP contribution in [0.15, 0.2) is 24.9 Å². The molecule has 1 saturated carbocycles. The number of alkyl halides is 2. The minimum Gasteiger partial charge on any atom is -0.316 e. The third-order valence-corrected chi connectivity index (χ3v) is 5.20. The van der Waals surface area contributed by atoms with Crippen molar-refractivity contribution in [2.24, 2.45) is 11.3 Å². The molecule has 23 heavy (non-hydrogen) atoms. The Bertz CT molecular complexity index is 644. The van der Waals surface area contributed by atoms with Gasteiger partial charge in [-0.3, -0.25) is 4.98 Å². The normalized spacial score (nSPS) is 22.6. The molecule has 3 rings (SSSR count). The van der Waals surface area contributed by atoms with Gasteiger partial charge in [-0.15, -0.1) is 6.58 Å². The molecule has 0 bridgehead atoms. The lowest BCUT2D eigenvalue weighted by Crippen LogP contribution is -2.51. The number of rotatable bonds is 5. The van der Waals surface area contributed by atoms with E-state index in [0.717, 1.165) is 37.9 Å². The summed E-state index contributed by atoms with van der Waals surface area (Å²) in [6.45, 7) is 5.52. The van der Waals surface area contributed by atoms with Gasteiger partial charge in [0.15, 0.2) is 0 Å². The van der Waals surface area contributed by atoms with Gasteiger partial charge in [-0.05, 0) is 48.6 Å². The maximum absolute atomic E-state index is 13.9. The average molecular weight is 317 g/mol. The van der Waals surface area contributed by atoms with Gasteiger partial charge in [0.2, 0.25) is 0 Å². The molecule has 1 N–H and O–H groups in total. The maximum atomic E-state index is 13.9. The maximum Gasteiger partial charge on any atom is 0.293 e. The molecule has 5 heteroatoms. The Hall–Kier alpha value is -1.80. The third kappa shape index (κ3) is 3.13. The molecule has 0 radical (unpaired) electrons. The fraction of sp³-hybridized carbons (Fsp3) is 0.556. The summed E-state index contributed by atoms with van der Waals surface area (Å²) < 4.78 is 27.8. The van der Waals surface area contributed by atoms with Crippen LogP contribution in [0.5, 0.6) is 0 Å². The van der Waals surface area contributed by atoms with E-state index in [1.807, 2.05) is 0 Å². The molecule has 1 aromatic heterocycles. The van der Waals surface area contributed by atoms with Crippen molar-refractivity contribution in [3.8, 4) is 6.07 Å². The van der Waals surface area contributed by atoms with E-state index >= 15 is 0 Å². The first-order chi connectivity index (χ1) is 11.0. The summed E-state index contributed by atoms with van der Waals surface area (Å²) >= 11 is 0. The molecule has 1 unspecified atom stereocenters. The van der Waals surface area contributed by atoms with Crippen molar-refractivity contribution in [3.63, 3.8) is 0 Å². The number of halogens is 2. The fourth-order valence-electron chi connectivity index (χ4n) is 3.85. The predicted octanol–water partition coefficient (Wildman–Crippen LogP) is 3.55. The lowest BCUT2D eigenvalue weighted by molar-refractivity contribution is -0.00546. The SMILES string of the molecule is C=CCC(F)(F)c1cc(C#N)c(CC2CCC3(CNC3)C2)cn1. The first-order valence-electron chi connectivity index (χ1n) is 8.07. The summed E-state index contributed by atoms with van der Waals surface area (Å²) in [7, 11) is 0. The highest BCUT2D eigenvalue weighted by atomic mass is 19.3. The van der Waals surface area contributed by atoms with Crippen LogP contribution in [0, 0.1) is 22.7 Å².